The van der Waals surface area contributed by atoms with E-state index in [4.69, 9.17) is 4.42 Å². The molecule has 0 aliphatic carbocycles. The number of likely N-dealkylation sites (tertiary alicyclic amines) is 1. The third kappa shape index (κ3) is 3.67. The number of anilines is 1. The van der Waals surface area contributed by atoms with Gasteiger partial charge in [0, 0.05) is 18.7 Å². The zero-order valence-electron chi connectivity index (χ0n) is 14.0. The second-order valence-corrected chi connectivity index (χ2v) is 6.52. The highest BCUT2D eigenvalue weighted by molar-refractivity contribution is 5.97. The summed E-state index contributed by atoms with van der Waals surface area (Å²) in [7, 11) is 0. The van der Waals surface area contributed by atoms with E-state index in [9.17, 15) is 9.59 Å². The van der Waals surface area contributed by atoms with Gasteiger partial charge in [-0.25, -0.2) is 0 Å². The van der Waals surface area contributed by atoms with Crippen molar-refractivity contribution in [3.63, 3.8) is 0 Å². The Balaban J connectivity index is 1.58. The number of carbonyl (C=O) groups is 2. The van der Waals surface area contributed by atoms with Crippen molar-refractivity contribution >= 4 is 17.5 Å². The Hall–Kier alpha value is -2.56. The van der Waals surface area contributed by atoms with Crippen LogP contribution in [0, 0.1) is 5.92 Å². The Bertz CT molecular complexity index is 705. The van der Waals surface area contributed by atoms with Crippen LogP contribution in [0.3, 0.4) is 0 Å². The highest BCUT2D eigenvalue weighted by Crippen LogP contribution is 2.23. The Labute approximate surface area is 141 Å². The van der Waals surface area contributed by atoms with Crippen LogP contribution in [0.1, 0.15) is 37.5 Å². The third-order valence-corrected chi connectivity index (χ3v) is 4.36. The Kier molecular flexibility index (Phi) is 4.69. The lowest BCUT2D eigenvalue weighted by Gasteiger charge is -2.15. The van der Waals surface area contributed by atoms with Gasteiger partial charge in [-0.15, -0.1) is 0 Å². The first-order valence-electron chi connectivity index (χ1n) is 8.24. The number of nitrogens with one attached hydrogen (secondary N) is 1. The average Bonchev–Trinajstić information content (AvgIpc) is 3.19. The number of hydrogen-bond donors (Lipinski definition) is 1. The van der Waals surface area contributed by atoms with Gasteiger partial charge in [-0.1, -0.05) is 26.0 Å². The van der Waals surface area contributed by atoms with E-state index in [0.29, 0.717) is 19.0 Å². The number of rotatable bonds is 5. The molecule has 0 bridgehead atoms. The van der Waals surface area contributed by atoms with Crippen molar-refractivity contribution in [2.24, 2.45) is 5.92 Å². The monoisotopic (exact) mass is 326 g/mol. The molecule has 5 nitrogen and oxygen atoms in total. The topological polar surface area (TPSA) is 62.6 Å². The molecule has 1 unspecified atom stereocenters. The van der Waals surface area contributed by atoms with E-state index >= 15 is 0 Å². The largest absolute Gasteiger partial charge is 0.467 e. The van der Waals surface area contributed by atoms with Gasteiger partial charge in [0.05, 0.1) is 18.7 Å². The zero-order valence-corrected chi connectivity index (χ0v) is 14.0. The summed E-state index contributed by atoms with van der Waals surface area (Å²) in [5, 5.41) is 2.91. The van der Waals surface area contributed by atoms with Crippen molar-refractivity contribution in [1.82, 2.24) is 4.90 Å². The van der Waals surface area contributed by atoms with Crippen molar-refractivity contribution < 1.29 is 14.0 Å². The fourth-order valence-corrected chi connectivity index (χ4v) is 2.89. The first kappa shape index (κ1) is 16.3. The predicted molar refractivity (Wildman–Crippen MR) is 91.4 cm³/mol. The van der Waals surface area contributed by atoms with Gasteiger partial charge in [0.15, 0.2) is 0 Å². The second-order valence-electron chi connectivity index (χ2n) is 6.52. The number of furan rings is 1. The van der Waals surface area contributed by atoms with Gasteiger partial charge in [0.25, 0.3) is 0 Å². The summed E-state index contributed by atoms with van der Waals surface area (Å²) in [5.74, 6) is 0.743. The van der Waals surface area contributed by atoms with E-state index in [-0.39, 0.29) is 24.2 Å². The molecule has 1 aromatic heterocycles. The zero-order chi connectivity index (χ0) is 17.1. The van der Waals surface area contributed by atoms with Gasteiger partial charge in [0.2, 0.25) is 11.8 Å². The number of carbonyl (C=O) groups excluding carboxylic acids is 2. The molecule has 2 heterocycles. The van der Waals surface area contributed by atoms with Crippen LogP contribution in [0.25, 0.3) is 0 Å². The Morgan fingerprint density at radius 1 is 1.29 bits per heavy atom. The molecular formula is C19H22N2O3. The standard InChI is InChI=1S/C19H22N2O3/c1-13(2)14-5-7-16(8-6-14)20-19(23)15-10-18(22)21(11-15)12-17-4-3-9-24-17/h3-9,13,15H,10-12H2,1-2H3,(H,20,23). The SMILES string of the molecule is CC(C)c1ccc(NC(=O)C2CC(=O)N(Cc3ccco3)C2)cc1. The van der Waals surface area contributed by atoms with E-state index in [2.05, 4.69) is 19.2 Å². The smallest absolute Gasteiger partial charge is 0.229 e. The van der Waals surface area contributed by atoms with Gasteiger partial charge < -0.3 is 14.6 Å². The number of nitrogens with zero attached hydrogens (tertiary/aromatic N) is 1. The van der Waals surface area contributed by atoms with Gasteiger partial charge in [-0.2, -0.15) is 0 Å². The van der Waals surface area contributed by atoms with Crippen LogP contribution in [0.2, 0.25) is 0 Å². The van der Waals surface area contributed by atoms with Crippen molar-refractivity contribution in [2.45, 2.75) is 32.7 Å². The second kappa shape index (κ2) is 6.91. The van der Waals surface area contributed by atoms with Crippen LogP contribution < -0.4 is 5.32 Å². The van der Waals surface area contributed by atoms with Gasteiger partial charge in [-0.05, 0) is 35.7 Å². The first-order chi connectivity index (χ1) is 11.5. The van der Waals surface area contributed by atoms with Gasteiger partial charge >= 0.3 is 0 Å². The molecule has 0 saturated carbocycles. The third-order valence-electron chi connectivity index (χ3n) is 4.36. The number of benzene rings is 1. The van der Waals surface area contributed by atoms with Crippen molar-refractivity contribution in [3.8, 4) is 0 Å². The minimum absolute atomic E-state index is 0.0123. The van der Waals surface area contributed by atoms with Crippen molar-refractivity contribution in [1.29, 1.82) is 0 Å². The fourth-order valence-electron chi connectivity index (χ4n) is 2.89. The molecule has 1 aliphatic heterocycles. The maximum atomic E-state index is 12.4. The molecule has 1 atom stereocenters. The normalized spacial score (nSPS) is 17.5. The molecular weight excluding hydrogens is 304 g/mol. The first-order valence-corrected chi connectivity index (χ1v) is 8.24. The van der Waals surface area contributed by atoms with Crippen LogP contribution in [0.15, 0.2) is 47.1 Å². The summed E-state index contributed by atoms with van der Waals surface area (Å²) < 4.78 is 5.27. The molecule has 2 amide bonds. The predicted octanol–water partition coefficient (Wildman–Crippen LogP) is 3.39. The maximum Gasteiger partial charge on any atom is 0.229 e. The van der Waals surface area contributed by atoms with Crippen LogP contribution in [0.5, 0.6) is 0 Å². The summed E-state index contributed by atoms with van der Waals surface area (Å²) in [4.78, 5) is 26.2. The minimum atomic E-state index is -0.322. The molecule has 1 aliphatic rings. The summed E-state index contributed by atoms with van der Waals surface area (Å²) in [6, 6.07) is 11.5. The number of amides is 2. The molecule has 1 N–H and O–H groups in total. The molecule has 1 saturated heterocycles. The summed E-state index contributed by atoms with van der Waals surface area (Å²) in [6.45, 7) is 5.10. The molecule has 24 heavy (non-hydrogen) atoms. The van der Waals surface area contributed by atoms with Crippen molar-refractivity contribution in [2.75, 3.05) is 11.9 Å². The molecule has 3 rings (SSSR count). The molecule has 1 fully saturated rings. The van der Waals surface area contributed by atoms with E-state index in [1.165, 1.54) is 5.56 Å². The molecule has 5 heteroatoms. The highest BCUT2D eigenvalue weighted by atomic mass is 16.3. The lowest BCUT2D eigenvalue weighted by molar-refractivity contribution is -0.128. The van der Waals surface area contributed by atoms with Crippen LogP contribution >= 0.6 is 0 Å². The highest BCUT2D eigenvalue weighted by Gasteiger charge is 2.34. The van der Waals surface area contributed by atoms with Crippen LogP contribution in [0.4, 0.5) is 5.69 Å². The summed E-state index contributed by atoms with van der Waals surface area (Å²) in [5.41, 5.74) is 2.00. The Morgan fingerprint density at radius 2 is 2.04 bits per heavy atom. The molecule has 1 aromatic carbocycles. The number of hydrogen-bond acceptors (Lipinski definition) is 3. The van der Waals surface area contributed by atoms with E-state index in [1.807, 2.05) is 30.3 Å². The quantitative estimate of drug-likeness (QED) is 0.916. The lowest BCUT2D eigenvalue weighted by atomic mass is 10.0. The lowest BCUT2D eigenvalue weighted by Crippen LogP contribution is -2.27. The average molecular weight is 326 g/mol. The van der Waals surface area contributed by atoms with E-state index in [1.54, 1.807) is 17.2 Å². The Morgan fingerprint density at radius 3 is 2.67 bits per heavy atom. The van der Waals surface area contributed by atoms with Crippen LogP contribution in [-0.4, -0.2) is 23.3 Å². The minimum Gasteiger partial charge on any atom is -0.467 e. The molecule has 2 aromatic rings. The molecule has 0 radical (unpaired) electrons. The molecule has 0 spiro atoms. The van der Waals surface area contributed by atoms with Crippen LogP contribution in [-0.2, 0) is 16.1 Å². The summed E-state index contributed by atoms with van der Waals surface area (Å²) >= 11 is 0. The van der Waals surface area contributed by atoms with Gasteiger partial charge in [0.1, 0.15) is 5.76 Å². The summed E-state index contributed by atoms with van der Waals surface area (Å²) in [6.07, 6.45) is 1.83. The maximum absolute atomic E-state index is 12.4. The fraction of sp³-hybridized carbons (Fsp3) is 0.368. The molecule has 126 valence electrons. The van der Waals surface area contributed by atoms with Gasteiger partial charge in [-0.3, -0.25) is 9.59 Å². The van der Waals surface area contributed by atoms with E-state index < -0.39 is 0 Å². The van der Waals surface area contributed by atoms with Crippen molar-refractivity contribution in [3.05, 3.63) is 54.0 Å². The van der Waals surface area contributed by atoms with E-state index in [0.717, 1.165) is 11.4 Å².